The van der Waals surface area contributed by atoms with E-state index in [1.807, 2.05) is 0 Å². The van der Waals surface area contributed by atoms with Gasteiger partial charge in [0, 0.05) is 11.8 Å². The van der Waals surface area contributed by atoms with Crippen LogP contribution in [0, 0.1) is 6.92 Å². The minimum absolute atomic E-state index is 0.237. The second kappa shape index (κ2) is 3.28. The van der Waals surface area contributed by atoms with Gasteiger partial charge in [-0.15, -0.1) is 0 Å². The van der Waals surface area contributed by atoms with E-state index in [0.29, 0.717) is 6.20 Å². The molecule has 1 rings (SSSR count). The molecule has 3 nitrogen and oxygen atoms in total. The Morgan fingerprint density at radius 1 is 1.50 bits per heavy atom. The first-order chi connectivity index (χ1) is 6.32. The van der Waals surface area contributed by atoms with E-state index in [-0.39, 0.29) is 11.1 Å². The first kappa shape index (κ1) is 10.5. The topological polar surface area (TPSA) is 53.0 Å². The van der Waals surface area contributed by atoms with Crippen molar-refractivity contribution in [3.8, 4) is 0 Å². The summed E-state index contributed by atoms with van der Waals surface area (Å²) in [5.41, 5.74) is -1.68. The number of hydrogen-bond donors (Lipinski definition) is 0. The third-order valence-electron chi connectivity index (χ3n) is 1.58. The fraction of sp³-hybridized carbons (Fsp3) is 0.250. The molecule has 0 spiro atoms. The summed E-state index contributed by atoms with van der Waals surface area (Å²) in [6.07, 6.45) is -3.93. The Morgan fingerprint density at radius 3 is 2.43 bits per heavy atom. The molecule has 0 N–H and O–H groups in total. The summed E-state index contributed by atoms with van der Waals surface area (Å²) in [4.78, 5) is 13.3. The number of rotatable bonds is 1. The maximum Gasteiger partial charge on any atom is 0.433 e. The number of alkyl halides is 3. The van der Waals surface area contributed by atoms with Crippen molar-refractivity contribution in [1.29, 1.82) is 0 Å². The van der Waals surface area contributed by atoms with E-state index in [4.69, 9.17) is 0 Å². The van der Waals surface area contributed by atoms with Crippen LogP contribution in [0.25, 0.3) is 0 Å². The van der Waals surface area contributed by atoms with Gasteiger partial charge in [0.05, 0.1) is 5.97 Å². The molecule has 0 radical (unpaired) electrons. The van der Waals surface area contributed by atoms with E-state index < -0.39 is 17.8 Å². The van der Waals surface area contributed by atoms with Gasteiger partial charge >= 0.3 is 6.18 Å². The molecule has 1 aromatic rings. The molecule has 1 aromatic heterocycles. The number of aryl methyl sites for hydroxylation is 1. The second-order valence-corrected chi connectivity index (χ2v) is 2.67. The van der Waals surface area contributed by atoms with Crippen molar-refractivity contribution in [1.82, 2.24) is 4.98 Å². The van der Waals surface area contributed by atoms with E-state index in [9.17, 15) is 23.1 Å². The summed E-state index contributed by atoms with van der Waals surface area (Å²) < 4.78 is 36.5. The third-order valence-corrected chi connectivity index (χ3v) is 1.58. The van der Waals surface area contributed by atoms with Crippen LogP contribution < -0.4 is 5.11 Å². The zero-order valence-electron chi connectivity index (χ0n) is 7.05. The average molecular weight is 204 g/mol. The number of aromatic nitrogens is 1. The average Bonchev–Trinajstić information content (AvgIpc) is 2.01. The molecule has 0 unspecified atom stereocenters. The number of hydrogen-bond acceptors (Lipinski definition) is 3. The number of halogens is 3. The van der Waals surface area contributed by atoms with Crippen molar-refractivity contribution >= 4 is 5.97 Å². The van der Waals surface area contributed by atoms with Gasteiger partial charge in [0.25, 0.3) is 0 Å². The highest BCUT2D eigenvalue weighted by Crippen LogP contribution is 2.29. The summed E-state index contributed by atoms with van der Waals surface area (Å²) in [5, 5.41) is 10.3. The van der Waals surface area contributed by atoms with E-state index in [1.54, 1.807) is 0 Å². The van der Waals surface area contributed by atoms with Gasteiger partial charge < -0.3 is 9.90 Å². The molecule has 0 saturated carbocycles. The Morgan fingerprint density at radius 2 is 2.07 bits per heavy atom. The maximum atomic E-state index is 12.2. The van der Waals surface area contributed by atoms with Crippen molar-refractivity contribution in [3.05, 3.63) is 29.1 Å². The Hall–Kier alpha value is -1.59. The van der Waals surface area contributed by atoms with Crippen LogP contribution in [0.1, 0.15) is 21.6 Å². The largest absolute Gasteiger partial charge is 0.545 e. The molecule has 0 aliphatic heterocycles. The quantitative estimate of drug-likeness (QED) is 0.678. The normalized spacial score (nSPS) is 11.4. The van der Waals surface area contributed by atoms with Crippen LogP contribution >= 0.6 is 0 Å². The molecule has 1 heterocycles. The molecule has 76 valence electrons. The first-order valence-corrected chi connectivity index (χ1v) is 3.57. The molecule has 0 atom stereocenters. The summed E-state index contributed by atoms with van der Waals surface area (Å²) in [6.45, 7) is 1.14. The summed E-state index contributed by atoms with van der Waals surface area (Å²) in [7, 11) is 0. The van der Waals surface area contributed by atoms with Crippen LogP contribution in [-0.2, 0) is 6.18 Å². The Labute approximate surface area is 77.2 Å². The lowest BCUT2D eigenvalue weighted by Crippen LogP contribution is -2.23. The van der Waals surface area contributed by atoms with Gasteiger partial charge in [0.1, 0.15) is 5.69 Å². The number of carbonyl (C=O) groups is 1. The molecule has 0 aliphatic carbocycles. The van der Waals surface area contributed by atoms with Crippen LogP contribution in [0.15, 0.2) is 12.3 Å². The molecule has 0 bridgehead atoms. The smallest absolute Gasteiger partial charge is 0.433 e. The fourth-order valence-electron chi connectivity index (χ4n) is 0.983. The highest BCUT2D eigenvalue weighted by Gasteiger charge is 2.34. The van der Waals surface area contributed by atoms with Crippen molar-refractivity contribution in [2.24, 2.45) is 0 Å². The van der Waals surface area contributed by atoms with E-state index in [1.165, 1.54) is 0 Å². The van der Waals surface area contributed by atoms with Gasteiger partial charge in [-0.25, -0.2) is 0 Å². The second-order valence-electron chi connectivity index (χ2n) is 2.67. The molecule has 6 heteroatoms. The number of nitrogens with zero attached hydrogens (tertiary/aromatic N) is 1. The van der Waals surface area contributed by atoms with Crippen molar-refractivity contribution < 1.29 is 23.1 Å². The Balaban J connectivity index is 3.21. The fourth-order valence-corrected chi connectivity index (χ4v) is 0.983. The number of pyridine rings is 1. The van der Waals surface area contributed by atoms with Gasteiger partial charge in [-0.3, -0.25) is 4.98 Å². The van der Waals surface area contributed by atoms with Crippen molar-refractivity contribution in [3.63, 3.8) is 0 Å². The van der Waals surface area contributed by atoms with Gasteiger partial charge in [0.15, 0.2) is 0 Å². The maximum absolute atomic E-state index is 12.2. The number of carbonyl (C=O) groups excluding carboxylic acids is 1. The Bertz CT molecular complexity index is 373. The number of carboxylic acid groups (broad SMARTS) is 1. The summed E-state index contributed by atoms with van der Waals surface area (Å²) >= 11 is 0. The number of aromatic carboxylic acids is 1. The molecule has 0 saturated heterocycles. The number of carboxylic acids is 1. The van der Waals surface area contributed by atoms with Crippen LogP contribution in [0.2, 0.25) is 0 Å². The highest BCUT2D eigenvalue weighted by atomic mass is 19.4. The van der Waals surface area contributed by atoms with Crippen LogP contribution in [0.5, 0.6) is 0 Å². The van der Waals surface area contributed by atoms with E-state index >= 15 is 0 Å². The minimum atomic E-state index is -4.56. The molecule has 0 amide bonds. The van der Waals surface area contributed by atoms with Gasteiger partial charge in [-0.1, -0.05) is 0 Å². The lowest BCUT2D eigenvalue weighted by molar-refractivity contribution is -0.255. The molecular weight excluding hydrogens is 199 g/mol. The minimum Gasteiger partial charge on any atom is -0.545 e. The molecule has 0 aromatic carbocycles. The molecule has 0 fully saturated rings. The molecule has 14 heavy (non-hydrogen) atoms. The summed E-state index contributed by atoms with van der Waals surface area (Å²) in [6, 6.07) is 0.880. The predicted molar refractivity (Wildman–Crippen MR) is 38.3 cm³/mol. The van der Waals surface area contributed by atoms with Gasteiger partial charge in [-0.2, -0.15) is 13.2 Å². The third kappa shape index (κ3) is 2.01. The highest BCUT2D eigenvalue weighted by molar-refractivity contribution is 5.85. The zero-order valence-corrected chi connectivity index (χ0v) is 7.05. The molecule has 0 aliphatic rings. The van der Waals surface area contributed by atoms with Crippen molar-refractivity contribution in [2.45, 2.75) is 13.1 Å². The molecular formula is C8H5F3NO2-. The van der Waals surface area contributed by atoms with Crippen LogP contribution in [-0.4, -0.2) is 11.0 Å². The lowest BCUT2D eigenvalue weighted by Gasteiger charge is -2.10. The van der Waals surface area contributed by atoms with Gasteiger partial charge in [-0.05, 0) is 18.6 Å². The Kier molecular flexibility index (Phi) is 2.46. The van der Waals surface area contributed by atoms with E-state index in [0.717, 1.165) is 13.0 Å². The SMILES string of the molecule is Cc1cc(C(=O)[O-])cnc1C(F)(F)F. The van der Waals surface area contributed by atoms with Crippen LogP contribution in [0.4, 0.5) is 13.2 Å². The monoisotopic (exact) mass is 204 g/mol. The zero-order chi connectivity index (χ0) is 10.9. The first-order valence-electron chi connectivity index (χ1n) is 3.57. The van der Waals surface area contributed by atoms with E-state index in [2.05, 4.69) is 4.98 Å². The van der Waals surface area contributed by atoms with Gasteiger partial charge in [0.2, 0.25) is 0 Å². The predicted octanol–water partition coefficient (Wildman–Crippen LogP) is 0.772. The van der Waals surface area contributed by atoms with Crippen molar-refractivity contribution in [2.75, 3.05) is 0 Å². The standard InChI is InChI=1S/C8H6F3NO2/c1-4-2-5(7(13)14)3-12-6(4)8(9,10)11/h2-3H,1H3,(H,13,14)/p-1. The lowest BCUT2D eigenvalue weighted by atomic mass is 10.1. The van der Waals surface area contributed by atoms with Crippen LogP contribution in [0.3, 0.4) is 0 Å². The summed E-state index contributed by atoms with van der Waals surface area (Å²) in [5.74, 6) is -1.55.